The van der Waals surface area contributed by atoms with Crippen LogP contribution in [0.3, 0.4) is 0 Å². The van der Waals surface area contributed by atoms with E-state index in [1.807, 2.05) is 25.1 Å². The zero-order valence-electron chi connectivity index (χ0n) is 15.9. The Morgan fingerprint density at radius 2 is 1.86 bits per heavy atom. The van der Waals surface area contributed by atoms with Crippen molar-refractivity contribution in [2.45, 2.75) is 26.2 Å². The third-order valence-electron chi connectivity index (χ3n) is 5.23. The Labute approximate surface area is 176 Å². The minimum absolute atomic E-state index is 0.0599. The summed E-state index contributed by atoms with van der Waals surface area (Å²) in [6, 6.07) is 8.68. The molecule has 2 heterocycles. The normalized spacial score (nSPS) is 14.3. The van der Waals surface area contributed by atoms with Gasteiger partial charge in [-0.15, -0.1) is 0 Å². The molecule has 1 saturated heterocycles. The number of rotatable bonds is 3. The van der Waals surface area contributed by atoms with Crippen molar-refractivity contribution < 1.29 is 13.6 Å². The summed E-state index contributed by atoms with van der Waals surface area (Å²) in [5, 5.41) is 3.27. The first-order chi connectivity index (χ1) is 13.9. The lowest BCUT2D eigenvalue weighted by molar-refractivity contribution is 0.102. The van der Waals surface area contributed by atoms with Crippen molar-refractivity contribution in [3.05, 3.63) is 63.6 Å². The Morgan fingerprint density at radius 1 is 1.10 bits per heavy atom. The van der Waals surface area contributed by atoms with Gasteiger partial charge in [0.2, 0.25) is 0 Å². The number of hydrogen-bond acceptors (Lipinski definition) is 3. The maximum absolute atomic E-state index is 14.1. The van der Waals surface area contributed by atoms with Crippen LogP contribution in [0.5, 0.6) is 0 Å². The van der Waals surface area contributed by atoms with E-state index < -0.39 is 17.5 Å². The van der Waals surface area contributed by atoms with Gasteiger partial charge in [0.15, 0.2) is 0 Å². The lowest BCUT2D eigenvalue weighted by atomic mass is 10.0. The summed E-state index contributed by atoms with van der Waals surface area (Å²) in [5.41, 5.74) is 1.83. The van der Waals surface area contributed by atoms with Crippen molar-refractivity contribution in [1.29, 1.82) is 0 Å². The molecular weight excluding hydrogens is 440 g/mol. The van der Waals surface area contributed by atoms with E-state index >= 15 is 0 Å². The molecule has 29 heavy (non-hydrogen) atoms. The molecule has 1 aromatic heterocycles. The molecule has 4 nitrogen and oxygen atoms in total. The number of benzene rings is 2. The zero-order valence-corrected chi connectivity index (χ0v) is 17.5. The maximum atomic E-state index is 14.1. The summed E-state index contributed by atoms with van der Waals surface area (Å²) in [7, 11) is 0. The molecular formula is C22H20BrF2N3O. The van der Waals surface area contributed by atoms with Crippen LogP contribution in [0.15, 0.2) is 40.9 Å². The quantitative estimate of drug-likeness (QED) is 0.535. The number of nitrogens with one attached hydrogen (secondary N) is 1. The number of hydrogen-bond donors (Lipinski definition) is 1. The van der Waals surface area contributed by atoms with E-state index in [2.05, 4.69) is 26.1 Å². The average Bonchev–Trinajstić information content (AvgIpc) is 2.70. The molecule has 3 aromatic rings. The van der Waals surface area contributed by atoms with Crippen LogP contribution in [0.25, 0.3) is 10.9 Å². The van der Waals surface area contributed by atoms with E-state index in [0.29, 0.717) is 16.5 Å². The SMILES string of the molecule is Cc1c(N2CCCCC2)nc2ccc(Br)cc2c1C(=O)Nc1ccc(F)cc1F. The first-order valence-corrected chi connectivity index (χ1v) is 10.3. The molecule has 0 radical (unpaired) electrons. The van der Waals surface area contributed by atoms with E-state index in [1.165, 1.54) is 12.5 Å². The highest BCUT2D eigenvalue weighted by Crippen LogP contribution is 2.32. The number of fused-ring (bicyclic) bond motifs is 1. The summed E-state index contributed by atoms with van der Waals surface area (Å²) in [6.45, 7) is 3.65. The van der Waals surface area contributed by atoms with Gasteiger partial charge in [-0.05, 0) is 56.5 Å². The number of nitrogens with zero attached hydrogens (tertiary/aromatic N) is 2. The van der Waals surface area contributed by atoms with Gasteiger partial charge in [0, 0.05) is 34.6 Å². The Kier molecular flexibility index (Phi) is 5.50. The molecule has 1 aliphatic heterocycles. The monoisotopic (exact) mass is 459 g/mol. The fourth-order valence-electron chi connectivity index (χ4n) is 3.80. The van der Waals surface area contributed by atoms with Crippen LogP contribution in [0.4, 0.5) is 20.3 Å². The first-order valence-electron chi connectivity index (χ1n) is 9.55. The van der Waals surface area contributed by atoms with Crippen LogP contribution in [0.2, 0.25) is 0 Å². The number of halogens is 3. The summed E-state index contributed by atoms with van der Waals surface area (Å²) < 4.78 is 28.1. The van der Waals surface area contributed by atoms with Gasteiger partial charge in [0.1, 0.15) is 17.5 Å². The van der Waals surface area contributed by atoms with Gasteiger partial charge in [-0.1, -0.05) is 15.9 Å². The van der Waals surface area contributed by atoms with E-state index in [-0.39, 0.29) is 5.69 Å². The lowest BCUT2D eigenvalue weighted by Gasteiger charge is -2.30. The molecule has 1 aliphatic rings. The largest absolute Gasteiger partial charge is 0.356 e. The summed E-state index contributed by atoms with van der Waals surface area (Å²) >= 11 is 3.45. The number of piperidine rings is 1. The van der Waals surface area contributed by atoms with Crippen LogP contribution >= 0.6 is 15.9 Å². The highest BCUT2D eigenvalue weighted by molar-refractivity contribution is 9.10. The molecule has 0 saturated carbocycles. The molecule has 0 unspecified atom stereocenters. The number of anilines is 2. The van der Waals surface area contributed by atoms with Crippen molar-refractivity contribution in [2.75, 3.05) is 23.3 Å². The van der Waals surface area contributed by atoms with E-state index in [9.17, 15) is 13.6 Å². The molecule has 7 heteroatoms. The molecule has 4 rings (SSSR count). The second-order valence-electron chi connectivity index (χ2n) is 7.22. The number of carbonyl (C=O) groups excluding carboxylic acids is 1. The average molecular weight is 460 g/mol. The van der Waals surface area contributed by atoms with Crippen molar-refractivity contribution in [2.24, 2.45) is 0 Å². The molecule has 0 bridgehead atoms. The van der Waals surface area contributed by atoms with Crippen LogP contribution < -0.4 is 10.2 Å². The van der Waals surface area contributed by atoms with Gasteiger partial charge in [-0.25, -0.2) is 13.8 Å². The second-order valence-corrected chi connectivity index (χ2v) is 8.14. The number of amides is 1. The third kappa shape index (κ3) is 3.96. The molecule has 0 aliphatic carbocycles. The minimum Gasteiger partial charge on any atom is -0.356 e. The highest BCUT2D eigenvalue weighted by Gasteiger charge is 2.23. The highest BCUT2D eigenvalue weighted by atomic mass is 79.9. The zero-order chi connectivity index (χ0) is 20.5. The van der Waals surface area contributed by atoms with E-state index in [4.69, 9.17) is 4.98 Å². The van der Waals surface area contributed by atoms with Crippen LogP contribution in [0.1, 0.15) is 35.2 Å². The maximum Gasteiger partial charge on any atom is 0.256 e. The molecule has 2 aromatic carbocycles. The van der Waals surface area contributed by atoms with E-state index in [0.717, 1.165) is 53.9 Å². The van der Waals surface area contributed by atoms with Crippen LogP contribution in [-0.4, -0.2) is 24.0 Å². The van der Waals surface area contributed by atoms with Gasteiger partial charge >= 0.3 is 0 Å². The lowest BCUT2D eigenvalue weighted by Crippen LogP contribution is -2.31. The van der Waals surface area contributed by atoms with Gasteiger partial charge in [0.25, 0.3) is 5.91 Å². The fourth-order valence-corrected chi connectivity index (χ4v) is 4.16. The van der Waals surface area contributed by atoms with Crippen LogP contribution in [-0.2, 0) is 0 Å². The topological polar surface area (TPSA) is 45.2 Å². The summed E-state index contributed by atoms with van der Waals surface area (Å²) in [5.74, 6) is -1.17. The number of aromatic nitrogens is 1. The predicted molar refractivity (Wildman–Crippen MR) is 115 cm³/mol. The summed E-state index contributed by atoms with van der Waals surface area (Å²) in [6.07, 6.45) is 3.36. The van der Waals surface area contributed by atoms with E-state index in [1.54, 1.807) is 0 Å². The molecule has 1 N–H and O–H groups in total. The minimum atomic E-state index is -0.813. The molecule has 0 spiro atoms. The summed E-state index contributed by atoms with van der Waals surface area (Å²) in [4.78, 5) is 20.2. The second kappa shape index (κ2) is 8.06. The smallest absolute Gasteiger partial charge is 0.256 e. The Bertz CT molecular complexity index is 1100. The standard InChI is InChI=1S/C22H20BrF2N3O/c1-13-20(22(29)27-19-8-6-15(24)12-17(19)25)16-11-14(23)5-7-18(16)26-21(13)28-9-3-2-4-10-28/h5-8,11-12H,2-4,9-10H2,1H3,(H,27,29). The number of pyridine rings is 1. The Hall–Kier alpha value is -2.54. The Morgan fingerprint density at radius 3 is 2.59 bits per heavy atom. The van der Waals surface area contributed by atoms with Crippen molar-refractivity contribution in [3.8, 4) is 0 Å². The third-order valence-corrected chi connectivity index (χ3v) is 5.72. The van der Waals surface area contributed by atoms with Gasteiger partial charge in [-0.2, -0.15) is 0 Å². The van der Waals surface area contributed by atoms with Crippen molar-refractivity contribution >= 4 is 44.2 Å². The predicted octanol–water partition coefficient (Wildman–Crippen LogP) is 5.83. The van der Waals surface area contributed by atoms with Crippen molar-refractivity contribution in [3.63, 3.8) is 0 Å². The van der Waals surface area contributed by atoms with Gasteiger partial charge < -0.3 is 10.2 Å². The molecule has 150 valence electrons. The Balaban J connectivity index is 1.83. The molecule has 0 atom stereocenters. The van der Waals surface area contributed by atoms with Gasteiger partial charge in [-0.3, -0.25) is 4.79 Å². The van der Waals surface area contributed by atoms with Crippen molar-refractivity contribution in [1.82, 2.24) is 4.98 Å². The fraction of sp³-hybridized carbons (Fsp3) is 0.273. The van der Waals surface area contributed by atoms with Crippen LogP contribution in [0, 0.1) is 18.6 Å². The molecule has 1 amide bonds. The molecule has 1 fully saturated rings. The number of carbonyl (C=O) groups is 1. The first kappa shape index (κ1) is 19.8. The van der Waals surface area contributed by atoms with Gasteiger partial charge in [0.05, 0.1) is 16.8 Å².